The summed E-state index contributed by atoms with van der Waals surface area (Å²) in [5.74, 6) is 0.594. The lowest BCUT2D eigenvalue weighted by atomic mass is 10.0. The first-order valence-corrected chi connectivity index (χ1v) is 9.15. The molecule has 0 spiro atoms. The lowest BCUT2D eigenvalue weighted by Gasteiger charge is -2.18. The molecule has 0 atom stereocenters. The Kier molecular flexibility index (Phi) is 4.61. The fraction of sp³-hybridized carbons (Fsp3) is 0.222. The van der Waals surface area contributed by atoms with Crippen LogP contribution in [0.4, 0.5) is 23.3 Å². The number of aromatic nitrogens is 3. The van der Waals surface area contributed by atoms with Gasteiger partial charge in [0.2, 0.25) is 11.9 Å². The van der Waals surface area contributed by atoms with Crippen molar-refractivity contribution >= 4 is 46.5 Å². The van der Waals surface area contributed by atoms with Crippen molar-refractivity contribution in [3.8, 4) is 11.1 Å². The summed E-state index contributed by atoms with van der Waals surface area (Å²) in [4.78, 5) is 6.39. The predicted octanol–water partition coefficient (Wildman–Crippen LogP) is 4.70. The summed E-state index contributed by atoms with van der Waals surface area (Å²) in [6.45, 7) is 2.24. The number of hydrogen-bond acceptors (Lipinski definition) is 5. The molecule has 4 N–H and O–H groups in total. The summed E-state index contributed by atoms with van der Waals surface area (Å²) in [6, 6.07) is 12.0. The Hall–Kier alpha value is -2.44. The molecule has 134 valence electrons. The molecule has 6 nitrogen and oxygen atoms in total. The minimum atomic E-state index is 0.236. The summed E-state index contributed by atoms with van der Waals surface area (Å²) in [6.07, 6.45) is 2.51. The third-order valence-electron chi connectivity index (χ3n) is 4.43. The highest BCUT2D eigenvalue weighted by molar-refractivity contribution is 6.39. The number of benzene rings is 2. The van der Waals surface area contributed by atoms with Gasteiger partial charge in [0, 0.05) is 30.0 Å². The van der Waals surface area contributed by atoms with Gasteiger partial charge in [-0.25, -0.2) is 5.10 Å². The van der Waals surface area contributed by atoms with Gasteiger partial charge in [-0.15, -0.1) is 5.10 Å². The second kappa shape index (κ2) is 7.05. The normalized spacial score (nSPS) is 14.0. The lowest BCUT2D eigenvalue weighted by molar-refractivity contribution is 0.949. The Balaban J connectivity index is 1.60. The number of rotatable bonds is 4. The average molecular weight is 389 g/mol. The molecule has 2 aromatic carbocycles. The Bertz CT molecular complexity index is 893. The van der Waals surface area contributed by atoms with Gasteiger partial charge in [-0.2, -0.15) is 4.98 Å². The van der Waals surface area contributed by atoms with E-state index in [0.717, 1.165) is 24.2 Å². The molecule has 1 aliphatic heterocycles. The largest absolute Gasteiger partial charge is 0.372 e. The molecule has 0 saturated carbocycles. The first-order chi connectivity index (χ1) is 12.6. The van der Waals surface area contributed by atoms with Gasteiger partial charge in [0.25, 0.3) is 0 Å². The first kappa shape index (κ1) is 17.0. The molecule has 1 saturated heterocycles. The molecule has 0 bridgehead atoms. The van der Waals surface area contributed by atoms with Crippen molar-refractivity contribution in [1.29, 1.82) is 0 Å². The van der Waals surface area contributed by atoms with Crippen molar-refractivity contribution in [2.24, 2.45) is 0 Å². The molecule has 1 fully saturated rings. The third kappa shape index (κ3) is 3.43. The second-order valence-electron chi connectivity index (χ2n) is 6.23. The molecule has 1 aliphatic rings. The maximum absolute atomic E-state index is 6.50. The topological polar surface area (TPSA) is 82.9 Å². The van der Waals surface area contributed by atoms with Crippen LogP contribution in [0.15, 0.2) is 36.4 Å². The van der Waals surface area contributed by atoms with Crippen LogP contribution < -0.4 is 16.0 Å². The number of hydrogen-bond donors (Lipinski definition) is 3. The number of halogens is 2. The SMILES string of the molecule is Nc1nc(Nc2cc(Cl)c(-c3ccc(N4CCCC4)cc3)c(Cl)c2)n[nH]1. The van der Waals surface area contributed by atoms with Crippen LogP contribution >= 0.6 is 23.2 Å². The van der Waals surface area contributed by atoms with E-state index in [9.17, 15) is 0 Å². The quantitative estimate of drug-likeness (QED) is 0.602. The van der Waals surface area contributed by atoms with Crippen LogP contribution in [0.25, 0.3) is 11.1 Å². The molecule has 3 aromatic rings. The van der Waals surface area contributed by atoms with E-state index in [1.807, 2.05) is 0 Å². The van der Waals surface area contributed by atoms with Gasteiger partial charge in [0.05, 0.1) is 10.0 Å². The molecule has 8 heteroatoms. The molecule has 0 aliphatic carbocycles. The number of nitrogens with two attached hydrogens (primary N) is 1. The highest BCUT2D eigenvalue weighted by atomic mass is 35.5. The number of nitrogen functional groups attached to an aromatic ring is 1. The minimum absolute atomic E-state index is 0.236. The highest BCUT2D eigenvalue weighted by Gasteiger charge is 2.15. The van der Waals surface area contributed by atoms with Gasteiger partial charge >= 0.3 is 0 Å². The predicted molar refractivity (Wildman–Crippen MR) is 107 cm³/mol. The van der Waals surface area contributed by atoms with E-state index >= 15 is 0 Å². The molecular weight excluding hydrogens is 371 g/mol. The van der Waals surface area contributed by atoms with E-state index in [-0.39, 0.29) is 5.95 Å². The Morgan fingerprint density at radius 1 is 1.04 bits per heavy atom. The van der Waals surface area contributed by atoms with Crippen molar-refractivity contribution in [2.75, 3.05) is 29.0 Å². The third-order valence-corrected chi connectivity index (χ3v) is 5.02. The van der Waals surface area contributed by atoms with Gasteiger partial charge in [-0.1, -0.05) is 35.3 Å². The van der Waals surface area contributed by atoms with Gasteiger partial charge in [0.1, 0.15) is 0 Å². The molecule has 26 heavy (non-hydrogen) atoms. The molecule has 1 aromatic heterocycles. The number of nitrogens with zero attached hydrogens (tertiary/aromatic N) is 3. The summed E-state index contributed by atoms with van der Waals surface area (Å²) < 4.78 is 0. The number of aromatic amines is 1. The van der Waals surface area contributed by atoms with Crippen LogP contribution in [-0.4, -0.2) is 28.3 Å². The number of nitrogens with one attached hydrogen (secondary N) is 2. The summed E-state index contributed by atoms with van der Waals surface area (Å²) in [5, 5.41) is 10.6. The zero-order valence-electron chi connectivity index (χ0n) is 14.0. The standard InChI is InChI=1S/C18H18Cl2N6/c19-14-9-12(22-18-23-17(21)24-25-18)10-15(20)16(14)11-3-5-13(6-4-11)26-7-1-2-8-26/h3-6,9-10H,1-2,7-8H2,(H4,21,22,23,24,25). The first-order valence-electron chi connectivity index (χ1n) is 8.39. The van der Waals surface area contributed by atoms with Crippen LogP contribution in [0.3, 0.4) is 0 Å². The van der Waals surface area contributed by atoms with Crippen molar-refractivity contribution < 1.29 is 0 Å². The molecular formula is C18H18Cl2N6. The van der Waals surface area contributed by atoms with E-state index in [1.165, 1.54) is 18.5 Å². The zero-order valence-corrected chi connectivity index (χ0v) is 15.5. The van der Waals surface area contributed by atoms with Gasteiger partial charge < -0.3 is 16.0 Å². The molecule has 2 heterocycles. The van der Waals surface area contributed by atoms with Gasteiger partial charge in [0.15, 0.2) is 0 Å². The monoisotopic (exact) mass is 388 g/mol. The maximum Gasteiger partial charge on any atom is 0.248 e. The van der Waals surface area contributed by atoms with E-state index in [2.05, 4.69) is 49.7 Å². The second-order valence-corrected chi connectivity index (χ2v) is 7.04. The summed E-state index contributed by atoms with van der Waals surface area (Å²) in [7, 11) is 0. The Morgan fingerprint density at radius 3 is 2.27 bits per heavy atom. The van der Waals surface area contributed by atoms with Crippen LogP contribution in [0, 0.1) is 0 Å². The zero-order chi connectivity index (χ0) is 18.1. The van der Waals surface area contributed by atoms with Gasteiger partial charge in [-0.3, -0.25) is 0 Å². The van der Waals surface area contributed by atoms with Crippen molar-refractivity contribution in [3.05, 3.63) is 46.4 Å². The summed E-state index contributed by atoms with van der Waals surface area (Å²) in [5.41, 5.74) is 9.24. The van der Waals surface area contributed by atoms with Crippen LogP contribution in [0.5, 0.6) is 0 Å². The Labute approximate surface area is 161 Å². The van der Waals surface area contributed by atoms with E-state index in [0.29, 0.717) is 21.7 Å². The van der Waals surface area contributed by atoms with Crippen molar-refractivity contribution in [1.82, 2.24) is 15.2 Å². The molecule has 0 amide bonds. The number of H-pyrrole nitrogens is 1. The summed E-state index contributed by atoms with van der Waals surface area (Å²) >= 11 is 13.0. The van der Waals surface area contributed by atoms with Gasteiger partial charge in [-0.05, 0) is 42.7 Å². The van der Waals surface area contributed by atoms with E-state index in [1.54, 1.807) is 12.1 Å². The number of anilines is 4. The van der Waals surface area contributed by atoms with Crippen LogP contribution in [0.2, 0.25) is 10.0 Å². The maximum atomic E-state index is 6.50. The fourth-order valence-corrected chi connectivity index (χ4v) is 3.90. The Morgan fingerprint density at radius 2 is 1.69 bits per heavy atom. The van der Waals surface area contributed by atoms with Crippen molar-refractivity contribution in [2.45, 2.75) is 12.8 Å². The van der Waals surface area contributed by atoms with Crippen LogP contribution in [0.1, 0.15) is 12.8 Å². The van der Waals surface area contributed by atoms with E-state index < -0.39 is 0 Å². The average Bonchev–Trinajstić information content (AvgIpc) is 3.27. The molecule has 4 rings (SSSR count). The fourth-order valence-electron chi connectivity index (χ4n) is 3.19. The van der Waals surface area contributed by atoms with Crippen molar-refractivity contribution in [3.63, 3.8) is 0 Å². The molecule has 0 radical (unpaired) electrons. The lowest BCUT2D eigenvalue weighted by Crippen LogP contribution is -2.17. The highest BCUT2D eigenvalue weighted by Crippen LogP contribution is 2.38. The molecule has 0 unspecified atom stereocenters. The van der Waals surface area contributed by atoms with E-state index in [4.69, 9.17) is 28.9 Å². The smallest absolute Gasteiger partial charge is 0.248 e. The minimum Gasteiger partial charge on any atom is -0.372 e. The van der Waals surface area contributed by atoms with Crippen LogP contribution in [-0.2, 0) is 0 Å².